The van der Waals surface area contributed by atoms with Crippen molar-refractivity contribution in [1.29, 1.82) is 0 Å². The van der Waals surface area contributed by atoms with Gasteiger partial charge in [-0.2, -0.15) is 5.10 Å². The standard InChI is InChI=1S/C19H28N4O4/c1-3-27-19(26)14-6-9-22(10-7-14)18(25)15-5-4-8-23(13-15)16-11-17(24)21(2)20-12-16/h11-12,14-15H,3-10,13H2,1-2H3/t15-/m0/s1. The van der Waals surface area contributed by atoms with Gasteiger partial charge < -0.3 is 14.5 Å². The molecule has 8 heteroatoms. The molecule has 0 radical (unpaired) electrons. The van der Waals surface area contributed by atoms with Crippen LogP contribution in [0, 0.1) is 11.8 Å². The van der Waals surface area contributed by atoms with Crippen LogP contribution in [0.1, 0.15) is 32.6 Å². The molecule has 0 aromatic carbocycles. The highest BCUT2D eigenvalue weighted by Crippen LogP contribution is 2.26. The number of aryl methyl sites for hydroxylation is 1. The maximum Gasteiger partial charge on any atom is 0.309 e. The van der Waals surface area contributed by atoms with Gasteiger partial charge in [-0.05, 0) is 32.6 Å². The van der Waals surface area contributed by atoms with Crippen molar-refractivity contribution in [3.8, 4) is 0 Å². The number of hydrogen-bond donors (Lipinski definition) is 0. The van der Waals surface area contributed by atoms with Gasteiger partial charge in [0.05, 0.1) is 30.3 Å². The molecule has 1 aromatic rings. The zero-order valence-electron chi connectivity index (χ0n) is 16.1. The van der Waals surface area contributed by atoms with E-state index in [1.807, 2.05) is 11.8 Å². The third-order valence-corrected chi connectivity index (χ3v) is 5.52. The van der Waals surface area contributed by atoms with Crippen LogP contribution in [-0.2, 0) is 21.4 Å². The summed E-state index contributed by atoms with van der Waals surface area (Å²) in [4.78, 5) is 40.6. The van der Waals surface area contributed by atoms with Crippen molar-refractivity contribution in [3.05, 3.63) is 22.6 Å². The maximum absolute atomic E-state index is 13.0. The lowest BCUT2D eigenvalue weighted by Gasteiger charge is -2.38. The summed E-state index contributed by atoms with van der Waals surface area (Å²) in [5.74, 6) is -0.171. The van der Waals surface area contributed by atoms with Crippen LogP contribution in [-0.4, -0.2) is 59.3 Å². The highest BCUT2D eigenvalue weighted by Gasteiger charge is 2.33. The number of anilines is 1. The lowest BCUT2D eigenvalue weighted by Crippen LogP contribution is -2.48. The molecule has 0 unspecified atom stereocenters. The van der Waals surface area contributed by atoms with E-state index in [-0.39, 0.29) is 29.3 Å². The first kappa shape index (κ1) is 19.4. The smallest absolute Gasteiger partial charge is 0.309 e. The topological polar surface area (TPSA) is 84.7 Å². The molecule has 3 rings (SSSR count). The van der Waals surface area contributed by atoms with Crippen molar-refractivity contribution in [1.82, 2.24) is 14.7 Å². The molecule has 1 atom stereocenters. The van der Waals surface area contributed by atoms with Gasteiger partial charge in [0.2, 0.25) is 5.91 Å². The van der Waals surface area contributed by atoms with E-state index in [0.717, 1.165) is 25.1 Å². The molecule has 148 valence electrons. The number of aromatic nitrogens is 2. The second kappa shape index (κ2) is 8.54. The van der Waals surface area contributed by atoms with Crippen molar-refractivity contribution in [2.75, 3.05) is 37.7 Å². The molecule has 0 spiro atoms. The second-order valence-electron chi connectivity index (χ2n) is 7.31. The molecule has 0 saturated carbocycles. The Balaban J connectivity index is 1.58. The van der Waals surface area contributed by atoms with Crippen molar-refractivity contribution in [3.63, 3.8) is 0 Å². The Bertz CT molecular complexity index is 739. The minimum atomic E-state index is -0.151. The summed E-state index contributed by atoms with van der Waals surface area (Å²) >= 11 is 0. The first-order valence-electron chi connectivity index (χ1n) is 9.73. The van der Waals surface area contributed by atoms with E-state index in [2.05, 4.69) is 10.00 Å². The number of carbonyl (C=O) groups excluding carboxylic acids is 2. The fraction of sp³-hybridized carbons (Fsp3) is 0.684. The third-order valence-electron chi connectivity index (χ3n) is 5.52. The van der Waals surface area contributed by atoms with Crippen LogP contribution in [0.5, 0.6) is 0 Å². The van der Waals surface area contributed by atoms with Crippen LogP contribution in [0.15, 0.2) is 17.1 Å². The monoisotopic (exact) mass is 376 g/mol. The summed E-state index contributed by atoms with van der Waals surface area (Å²) in [6, 6.07) is 1.57. The zero-order valence-corrected chi connectivity index (χ0v) is 16.1. The van der Waals surface area contributed by atoms with Crippen LogP contribution in [0.25, 0.3) is 0 Å². The van der Waals surface area contributed by atoms with Crippen LogP contribution >= 0.6 is 0 Å². The number of likely N-dealkylation sites (tertiary alicyclic amines) is 1. The predicted octanol–water partition coefficient (Wildman–Crippen LogP) is 0.798. The summed E-state index contributed by atoms with van der Waals surface area (Å²) in [5.41, 5.74) is 0.624. The van der Waals surface area contributed by atoms with Crippen LogP contribution in [0.2, 0.25) is 0 Å². The van der Waals surface area contributed by atoms with Gasteiger partial charge in [-0.3, -0.25) is 14.4 Å². The number of nitrogens with zero attached hydrogens (tertiary/aromatic N) is 4. The fourth-order valence-electron chi connectivity index (χ4n) is 3.90. The Labute approximate surface area is 159 Å². The van der Waals surface area contributed by atoms with Crippen molar-refractivity contribution in [2.45, 2.75) is 32.6 Å². The first-order valence-corrected chi connectivity index (χ1v) is 9.73. The number of rotatable bonds is 4. The summed E-state index contributed by atoms with van der Waals surface area (Å²) in [5, 5.41) is 4.08. The zero-order chi connectivity index (χ0) is 19.4. The number of ether oxygens (including phenoxy) is 1. The van der Waals surface area contributed by atoms with Crippen LogP contribution < -0.4 is 10.5 Å². The Kier molecular flexibility index (Phi) is 6.13. The van der Waals surface area contributed by atoms with Gasteiger partial charge in [0.1, 0.15) is 0 Å². The Morgan fingerprint density at radius 1 is 1.19 bits per heavy atom. The van der Waals surface area contributed by atoms with Crippen molar-refractivity contribution in [2.24, 2.45) is 18.9 Å². The quantitative estimate of drug-likeness (QED) is 0.723. The average Bonchev–Trinajstić information content (AvgIpc) is 2.70. The molecule has 3 heterocycles. The molecular weight excluding hydrogens is 348 g/mol. The second-order valence-corrected chi connectivity index (χ2v) is 7.31. The normalized spacial score (nSPS) is 21.2. The minimum absolute atomic E-state index is 0.0815. The summed E-state index contributed by atoms with van der Waals surface area (Å²) in [6.07, 6.45) is 4.77. The number of carbonyl (C=O) groups is 2. The van der Waals surface area contributed by atoms with E-state index in [0.29, 0.717) is 39.1 Å². The Morgan fingerprint density at radius 3 is 2.59 bits per heavy atom. The molecule has 8 nitrogen and oxygen atoms in total. The predicted molar refractivity (Wildman–Crippen MR) is 100 cm³/mol. The van der Waals surface area contributed by atoms with E-state index < -0.39 is 0 Å². The molecule has 1 aromatic heterocycles. The minimum Gasteiger partial charge on any atom is -0.466 e. The SMILES string of the molecule is CCOC(=O)C1CCN(C(=O)[C@H]2CCCN(c3cnn(C)c(=O)c3)C2)CC1. The van der Waals surface area contributed by atoms with Gasteiger partial charge in [-0.15, -0.1) is 0 Å². The number of piperidine rings is 2. The third kappa shape index (κ3) is 4.48. The summed E-state index contributed by atoms with van der Waals surface area (Å²) < 4.78 is 6.39. The van der Waals surface area contributed by atoms with Gasteiger partial charge in [0.25, 0.3) is 5.56 Å². The van der Waals surface area contributed by atoms with Gasteiger partial charge in [0.15, 0.2) is 0 Å². The first-order chi connectivity index (χ1) is 13.0. The van der Waals surface area contributed by atoms with Gasteiger partial charge in [-0.25, -0.2) is 4.68 Å². The highest BCUT2D eigenvalue weighted by atomic mass is 16.5. The lowest BCUT2D eigenvalue weighted by molar-refractivity contribution is -0.151. The van der Waals surface area contributed by atoms with Gasteiger partial charge in [-0.1, -0.05) is 0 Å². The molecule has 27 heavy (non-hydrogen) atoms. The Hall–Kier alpha value is -2.38. The van der Waals surface area contributed by atoms with E-state index in [1.165, 1.54) is 4.68 Å². The Morgan fingerprint density at radius 2 is 1.93 bits per heavy atom. The molecular formula is C19H28N4O4. The van der Waals surface area contributed by atoms with Crippen LogP contribution in [0.4, 0.5) is 5.69 Å². The van der Waals surface area contributed by atoms with E-state index in [9.17, 15) is 14.4 Å². The maximum atomic E-state index is 13.0. The molecule has 0 N–H and O–H groups in total. The largest absolute Gasteiger partial charge is 0.466 e. The average molecular weight is 376 g/mol. The van der Waals surface area contributed by atoms with Crippen molar-refractivity contribution >= 4 is 17.6 Å². The highest BCUT2D eigenvalue weighted by molar-refractivity contribution is 5.80. The lowest BCUT2D eigenvalue weighted by atomic mass is 9.92. The molecule has 0 aliphatic carbocycles. The number of amides is 1. The molecule has 0 bridgehead atoms. The molecule has 2 saturated heterocycles. The van der Waals surface area contributed by atoms with E-state index in [1.54, 1.807) is 19.3 Å². The van der Waals surface area contributed by atoms with E-state index >= 15 is 0 Å². The summed E-state index contributed by atoms with van der Waals surface area (Å²) in [7, 11) is 1.62. The molecule has 2 aliphatic heterocycles. The fourth-order valence-corrected chi connectivity index (χ4v) is 3.90. The van der Waals surface area contributed by atoms with Gasteiger partial charge >= 0.3 is 5.97 Å². The van der Waals surface area contributed by atoms with Crippen molar-refractivity contribution < 1.29 is 14.3 Å². The summed E-state index contributed by atoms with van der Waals surface area (Å²) in [6.45, 7) is 4.84. The van der Waals surface area contributed by atoms with E-state index in [4.69, 9.17) is 4.74 Å². The molecule has 1 amide bonds. The van der Waals surface area contributed by atoms with Gasteiger partial charge in [0, 0.05) is 39.3 Å². The molecule has 2 fully saturated rings. The number of hydrogen-bond acceptors (Lipinski definition) is 6. The molecule has 2 aliphatic rings. The number of esters is 1. The van der Waals surface area contributed by atoms with Crippen LogP contribution in [0.3, 0.4) is 0 Å².